The van der Waals surface area contributed by atoms with E-state index in [4.69, 9.17) is 4.74 Å². The number of aliphatic hydroxyl groups excluding tert-OH is 1. The van der Waals surface area contributed by atoms with Gasteiger partial charge in [-0.15, -0.1) is 0 Å². The first-order chi connectivity index (χ1) is 7.68. The van der Waals surface area contributed by atoms with Crippen molar-refractivity contribution in [3.63, 3.8) is 0 Å². The molecule has 1 aromatic carbocycles. The van der Waals surface area contributed by atoms with E-state index in [9.17, 15) is 5.11 Å². The molecule has 2 nitrogen and oxygen atoms in total. The number of ether oxygens (including phenoxy) is 1. The molecule has 1 aliphatic rings. The summed E-state index contributed by atoms with van der Waals surface area (Å²) in [5, 5.41) is 10.2. The van der Waals surface area contributed by atoms with Gasteiger partial charge in [-0.2, -0.15) is 0 Å². The summed E-state index contributed by atoms with van der Waals surface area (Å²) in [7, 11) is 0. The van der Waals surface area contributed by atoms with Crippen LogP contribution in [0.2, 0.25) is 0 Å². The summed E-state index contributed by atoms with van der Waals surface area (Å²) in [6.07, 6.45) is 2.54. The minimum absolute atomic E-state index is 0.395. The topological polar surface area (TPSA) is 29.5 Å². The number of fused-ring (bicyclic) bond motifs is 1. The van der Waals surface area contributed by atoms with Crippen molar-refractivity contribution in [3.8, 4) is 5.75 Å². The summed E-state index contributed by atoms with van der Waals surface area (Å²) in [5.74, 6) is 1.43. The Labute approximate surface area is 97.3 Å². The van der Waals surface area contributed by atoms with Gasteiger partial charge in [0.2, 0.25) is 0 Å². The molecular weight excluding hydrogens is 200 g/mol. The number of para-hydroxylation sites is 1. The first-order valence-electron chi connectivity index (χ1n) is 6.11. The third kappa shape index (κ3) is 2.38. The average Bonchev–Trinajstić information content (AvgIpc) is 2.27. The molecule has 1 N–H and O–H groups in total. The highest BCUT2D eigenvalue weighted by Crippen LogP contribution is 2.35. The molecule has 0 amide bonds. The lowest BCUT2D eigenvalue weighted by Crippen LogP contribution is -2.12. The number of aryl methyl sites for hydroxylation is 1. The Bertz CT molecular complexity index is 358. The molecule has 1 unspecified atom stereocenters. The van der Waals surface area contributed by atoms with E-state index in [0.717, 1.165) is 37.2 Å². The molecule has 0 radical (unpaired) electrons. The molecule has 1 aliphatic heterocycles. The fourth-order valence-electron chi connectivity index (χ4n) is 2.25. The smallest absolute Gasteiger partial charge is 0.128 e. The van der Waals surface area contributed by atoms with Gasteiger partial charge in [-0.1, -0.05) is 32.0 Å². The van der Waals surface area contributed by atoms with Gasteiger partial charge >= 0.3 is 0 Å². The van der Waals surface area contributed by atoms with Crippen molar-refractivity contribution in [1.29, 1.82) is 0 Å². The van der Waals surface area contributed by atoms with Crippen molar-refractivity contribution in [3.05, 3.63) is 29.3 Å². The van der Waals surface area contributed by atoms with Gasteiger partial charge < -0.3 is 9.84 Å². The number of rotatable bonds is 3. The second kappa shape index (κ2) is 4.88. The minimum atomic E-state index is -0.395. The second-order valence-electron chi connectivity index (χ2n) is 4.93. The van der Waals surface area contributed by atoms with Crippen molar-refractivity contribution in [2.24, 2.45) is 5.92 Å². The molecule has 1 aromatic rings. The van der Waals surface area contributed by atoms with Gasteiger partial charge in [0.25, 0.3) is 0 Å². The summed E-state index contributed by atoms with van der Waals surface area (Å²) in [6, 6.07) is 6.10. The van der Waals surface area contributed by atoms with Gasteiger partial charge in [-0.05, 0) is 30.7 Å². The predicted octanol–water partition coefficient (Wildman–Crippen LogP) is 3.09. The minimum Gasteiger partial charge on any atom is -0.493 e. The van der Waals surface area contributed by atoms with Crippen LogP contribution in [0.5, 0.6) is 5.75 Å². The average molecular weight is 220 g/mol. The van der Waals surface area contributed by atoms with E-state index in [2.05, 4.69) is 19.9 Å². The van der Waals surface area contributed by atoms with Crippen LogP contribution in [0, 0.1) is 5.92 Å². The lowest BCUT2D eigenvalue weighted by atomic mass is 9.95. The van der Waals surface area contributed by atoms with E-state index < -0.39 is 6.10 Å². The van der Waals surface area contributed by atoms with E-state index in [1.807, 2.05) is 12.1 Å². The summed E-state index contributed by atoms with van der Waals surface area (Å²) in [6.45, 7) is 5.03. The molecule has 0 saturated heterocycles. The Kier molecular flexibility index (Phi) is 3.49. The largest absolute Gasteiger partial charge is 0.493 e. The zero-order valence-corrected chi connectivity index (χ0v) is 10.1. The maximum Gasteiger partial charge on any atom is 0.128 e. The fourth-order valence-corrected chi connectivity index (χ4v) is 2.25. The van der Waals surface area contributed by atoms with Crippen LogP contribution in [0.4, 0.5) is 0 Å². The highest BCUT2D eigenvalue weighted by atomic mass is 16.5. The van der Waals surface area contributed by atoms with Crippen LogP contribution in [-0.2, 0) is 6.42 Å². The Morgan fingerprint density at radius 1 is 1.38 bits per heavy atom. The van der Waals surface area contributed by atoms with Crippen molar-refractivity contribution in [2.45, 2.75) is 39.2 Å². The number of hydrogen-bond donors (Lipinski definition) is 1. The molecule has 0 bridgehead atoms. The highest BCUT2D eigenvalue weighted by Gasteiger charge is 2.19. The summed E-state index contributed by atoms with van der Waals surface area (Å²) >= 11 is 0. The third-order valence-corrected chi connectivity index (χ3v) is 3.02. The van der Waals surface area contributed by atoms with Gasteiger partial charge in [0.15, 0.2) is 0 Å². The summed E-state index contributed by atoms with van der Waals surface area (Å²) in [4.78, 5) is 0. The lowest BCUT2D eigenvalue weighted by Gasteiger charge is -2.23. The number of benzene rings is 1. The molecule has 88 valence electrons. The normalized spacial score (nSPS) is 16.8. The zero-order chi connectivity index (χ0) is 11.5. The molecular formula is C14H20O2. The molecule has 16 heavy (non-hydrogen) atoms. The van der Waals surface area contributed by atoms with E-state index in [1.54, 1.807) is 0 Å². The van der Waals surface area contributed by atoms with E-state index >= 15 is 0 Å². The summed E-state index contributed by atoms with van der Waals surface area (Å²) in [5.41, 5.74) is 2.21. The van der Waals surface area contributed by atoms with Crippen LogP contribution >= 0.6 is 0 Å². The Morgan fingerprint density at radius 2 is 2.19 bits per heavy atom. The predicted molar refractivity (Wildman–Crippen MR) is 64.7 cm³/mol. The standard InChI is InChI=1S/C14H20O2/c1-10(2)9-13(15)12-7-3-5-11-6-4-8-16-14(11)12/h3,5,7,10,13,15H,4,6,8-9H2,1-2H3. The summed E-state index contributed by atoms with van der Waals surface area (Å²) < 4.78 is 5.70. The highest BCUT2D eigenvalue weighted by molar-refractivity contribution is 5.43. The zero-order valence-electron chi connectivity index (χ0n) is 10.1. The quantitative estimate of drug-likeness (QED) is 0.848. The van der Waals surface area contributed by atoms with Gasteiger partial charge in [-0.25, -0.2) is 0 Å². The lowest BCUT2D eigenvalue weighted by molar-refractivity contribution is 0.144. The van der Waals surface area contributed by atoms with Crippen LogP contribution < -0.4 is 4.74 Å². The first kappa shape index (κ1) is 11.5. The Morgan fingerprint density at radius 3 is 2.94 bits per heavy atom. The van der Waals surface area contributed by atoms with Crippen molar-refractivity contribution in [1.82, 2.24) is 0 Å². The molecule has 2 rings (SSSR count). The second-order valence-corrected chi connectivity index (χ2v) is 4.93. The van der Waals surface area contributed by atoms with Crippen LogP contribution in [0.3, 0.4) is 0 Å². The molecule has 0 aromatic heterocycles. The molecule has 0 saturated carbocycles. The van der Waals surface area contributed by atoms with Crippen LogP contribution in [-0.4, -0.2) is 11.7 Å². The van der Waals surface area contributed by atoms with Crippen LogP contribution in [0.25, 0.3) is 0 Å². The molecule has 0 aliphatic carbocycles. The van der Waals surface area contributed by atoms with Gasteiger partial charge in [0.05, 0.1) is 12.7 Å². The Balaban J connectivity index is 2.26. The molecule has 1 atom stereocenters. The molecule has 1 heterocycles. The first-order valence-corrected chi connectivity index (χ1v) is 6.11. The van der Waals surface area contributed by atoms with Gasteiger partial charge in [-0.3, -0.25) is 0 Å². The Hall–Kier alpha value is -1.02. The van der Waals surface area contributed by atoms with Crippen LogP contribution in [0.15, 0.2) is 18.2 Å². The number of hydrogen-bond acceptors (Lipinski definition) is 2. The monoisotopic (exact) mass is 220 g/mol. The van der Waals surface area contributed by atoms with Crippen molar-refractivity contribution >= 4 is 0 Å². The fraction of sp³-hybridized carbons (Fsp3) is 0.571. The van der Waals surface area contributed by atoms with E-state index in [-0.39, 0.29) is 0 Å². The number of aliphatic hydroxyl groups is 1. The third-order valence-electron chi connectivity index (χ3n) is 3.02. The van der Waals surface area contributed by atoms with Gasteiger partial charge in [0, 0.05) is 5.56 Å². The van der Waals surface area contributed by atoms with Crippen LogP contribution in [0.1, 0.15) is 43.9 Å². The molecule has 0 spiro atoms. The maximum absolute atomic E-state index is 10.2. The van der Waals surface area contributed by atoms with Gasteiger partial charge in [0.1, 0.15) is 5.75 Å². The van der Waals surface area contributed by atoms with Crippen molar-refractivity contribution in [2.75, 3.05) is 6.61 Å². The van der Waals surface area contributed by atoms with Crippen molar-refractivity contribution < 1.29 is 9.84 Å². The molecule has 2 heteroatoms. The maximum atomic E-state index is 10.2. The van der Waals surface area contributed by atoms with E-state index in [1.165, 1.54) is 5.56 Å². The molecule has 0 fully saturated rings. The van der Waals surface area contributed by atoms with E-state index in [0.29, 0.717) is 5.92 Å². The SMILES string of the molecule is CC(C)CC(O)c1cccc2c1OCCC2.